The Hall–Kier alpha value is -0.539. The van der Waals surface area contributed by atoms with Gasteiger partial charge in [0, 0.05) is 0 Å². The van der Waals surface area contributed by atoms with Crippen molar-refractivity contribution in [2.45, 2.75) is 38.1 Å². The molecule has 0 bridgehead atoms. The van der Waals surface area contributed by atoms with Crippen LogP contribution >= 0.6 is 0 Å². The SMILES string of the molecule is CCCCCc1ccccc1[Si]C1c2[c-]cccc2-c2ccccc21.[Cl-].[Cl-].[Cl-].[Ti+4]. The van der Waals surface area contributed by atoms with Gasteiger partial charge in [0.25, 0.3) is 0 Å². The Morgan fingerprint density at radius 3 is 2.31 bits per heavy atom. The molecule has 1 aliphatic rings. The number of rotatable bonds is 6. The molecule has 4 rings (SSSR count). The van der Waals surface area contributed by atoms with Gasteiger partial charge in [0.2, 0.25) is 0 Å². The molecule has 0 fully saturated rings. The average molecular weight is 494 g/mol. The molecule has 5 heteroatoms. The number of hydrogen-bond acceptors (Lipinski definition) is 0. The van der Waals surface area contributed by atoms with E-state index in [2.05, 4.69) is 79.7 Å². The summed E-state index contributed by atoms with van der Waals surface area (Å²) in [7, 11) is 0.772. The second-order valence-corrected chi connectivity index (χ2v) is 8.18. The summed E-state index contributed by atoms with van der Waals surface area (Å²) in [5.74, 6) is 0. The Morgan fingerprint density at radius 1 is 0.828 bits per heavy atom. The molecule has 0 amide bonds. The molecule has 1 unspecified atom stereocenters. The van der Waals surface area contributed by atoms with E-state index < -0.39 is 0 Å². The van der Waals surface area contributed by atoms with E-state index >= 15 is 0 Å². The standard InChI is InChI=1S/C24H23Si.3ClH.Ti/c1-2-3-4-11-18-12-5-10-17-23(18)25-24-21-15-8-6-13-19(21)20-14-7-9-16-22(20)24;;;;/h5-10,12-15,17,24H,2-4,11H2,1H3;3*1H;/q-1;;;;+4/p-3. The van der Waals surface area contributed by atoms with Crippen LogP contribution in [0.25, 0.3) is 11.1 Å². The van der Waals surface area contributed by atoms with E-state index in [1.165, 1.54) is 58.7 Å². The molecular weight excluding hydrogens is 471 g/mol. The van der Waals surface area contributed by atoms with E-state index in [4.69, 9.17) is 0 Å². The van der Waals surface area contributed by atoms with E-state index in [9.17, 15) is 0 Å². The Morgan fingerprint density at radius 2 is 1.52 bits per heavy atom. The molecule has 0 saturated heterocycles. The number of halogens is 3. The van der Waals surface area contributed by atoms with Crippen LogP contribution in [0.5, 0.6) is 0 Å². The predicted molar refractivity (Wildman–Crippen MR) is 108 cm³/mol. The van der Waals surface area contributed by atoms with Crippen molar-refractivity contribution in [3.8, 4) is 11.1 Å². The summed E-state index contributed by atoms with van der Waals surface area (Å²) in [5, 5.41) is 1.53. The van der Waals surface area contributed by atoms with Gasteiger partial charge >= 0.3 is 21.7 Å². The van der Waals surface area contributed by atoms with Crippen LogP contribution in [0, 0.1) is 6.07 Å². The summed E-state index contributed by atoms with van der Waals surface area (Å²) >= 11 is 0. The summed E-state index contributed by atoms with van der Waals surface area (Å²) in [5.41, 5.74) is 7.62. The van der Waals surface area contributed by atoms with Crippen LogP contribution in [-0.2, 0) is 28.1 Å². The largest absolute Gasteiger partial charge is 4.00 e. The third kappa shape index (κ3) is 6.23. The Kier molecular flexibility index (Phi) is 13.4. The first-order valence-electron chi connectivity index (χ1n) is 9.33. The van der Waals surface area contributed by atoms with Crippen LogP contribution in [-0.4, -0.2) is 9.52 Å². The summed E-state index contributed by atoms with van der Waals surface area (Å²) in [6, 6.07) is 27.9. The minimum absolute atomic E-state index is 0. The monoisotopic (exact) mass is 492 g/mol. The van der Waals surface area contributed by atoms with Crippen molar-refractivity contribution in [3.05, 3.63) is 89.5 Å². The van der Waals surface area contributed by atoms with E-state index in [1.807, 2.05) is 0 Å². The van der Waals surface area contributed by atoms with E-state index in [1.54, 1.807) is 0 Å². The number of unbranched alkanes of at least 4 members (excludes halogenated alkanes) is 2. The third-order valence-electron chi connectivity index (χ3n) is 5.11. The molecule has 0 heterocycles. The fourth-order valence-electron chi connectivity index (χ4n) is 3.82. The molecule has 0 nitrogen and oxygen atoms in total. The second-order valence-electron chi connectivity index (χ2n) is 6.78. The quantitative estimate of drug-likeness (QED) is 0.189. The average Bonchev–Trinajstić information content (AvgIpc) is 2.98. The third-order valence-corrected chi connectivity index (χ3v) is 6.79. The van der Waals surface area contributed by atoms with E-state index in [0.717, 1.165) is 9.52 Å². The first kappa shape index (κ1) is 28.5. The fraction of sp³-hybridized carbons (Fsp3) is 0.250. The number of aryl methyl sites for hydroxylation is 1. The molecule has 3 aromatic rings. The first-order chi connectivity index (χ1) is 12.4. The zero-order valence-corrected chi connectivity index (χ0v) is 21.2. The van der Waals surface area contributed by atoms with Crippen molar-refractivity contribution >= 4 is 14.7 Å². The zero-order chi connectivity index (χ0) is 17.1. The van der Waals surface area contributed by atoms with Crippen LogP contribution in [0.4, 0.5) is 0 Å². The van der Waals surface area contributed by atoms with Crippen molar-refractivity contribution in [1.29, 1.82) is 0 Å². The van der Waals surface area contributed by atoms with Gasteiger partial charge in [0.1, 0.15) is 0 Å². The van der Waals surface area contributed by atoms with Gasteiger partial charge in [-0.1, -0.05) is 79.0 Å². The predicted octanol–water partition coefficient (Wildman–Crippen LogP) is -3.67. The van der Waals surface area contributed by atoms with Crippen LogP contribution in [0.15, 0.2) is 66.7 Å². The maximum Gasteiger partial charge on any atom is 4.00 e. The van der Waals surface area contributed by atoms with Crippen molar-refractivity contribution in [3.63, 3.8) is 0 Å². The van der Waals surface area contributed by atoms with Gasteiger partial charge in [-0.05, 0) is 29.5 Å². The smallest absolute Gasteiger partial charge is 1.00 e. The van der Waals surface area contributed by atoms with Crippen LogP contribution in [0.3, 0.4) is 0 Å². The van der Waals surface area contributed by atoms with Crippen LogP contribution in [0.2, 0.25) is 0 Å². The van der Waals surface area contributed by atoms with Crippen molar-refractivity contribution < 1.29 is 58.9 Å². The van der Waals surface area contributed by atoms with Gasteiger partial charge in [0.05, 0.1) is 9.52 Å². The van der Waals surface area contributed by atoms with Gasteiger partial charge in [-0.25, -0.2) is 0 Å². The van der Waals surface area contributed by atoms with Crippen molar-refractivity contribution in [2.75, 3.05) is 0 Å². The summed E-state index contributed by atoms with van der Waals surface area (Å²) in [6.45, 7) is 2.27. The topological polar surface area (TPSA) is 0 Å². The Bertz CT molecular complexity index is 840. The maximum absolute atomic E-state index is 3.54. The summed E-state index contributed by atoms with van der Waals surface area (Å²) < 4.78 is 0. The molecule has 1 aliphatic carbocycles. The normalized spacial score (nSPS) is 12.9. The zero-order valence-electron chi connectivity index (χ0n) is 16.4. The first-order valence-corrected chi connectivity index (χ1v) is 10.4. The summed E-state index contributed by atoms with van der Waals surface area (Å²) in [4.78, 5) is 0. The maximum atomic E-state index is 3.54. The van der Waals surface area contributed by atoms with Gasteiger partial charge in [-0.2, -0.15) is 24.3 Å². The molecule has 0 aromatic heterocycles. The number of benzene rings is 3. The molecule has 0 aliphatic heterocycles. The molecule has 148 valence electrons. The van der Waals surface area contributed by atoms with Crippen LogP contribution < -0.4 is 42.4 Å². The molecule has 0 N–H and O–H groups in total. The minimum Gasteiger partial charge on any atom is -1.00 e. The minimum atomic E-state index is 0. The molecule has 29 heavy (non-hydrogen) atoms. The second kappa shape index (κ2) is 13.7. The van der Waals surface area contributed by atoms with E-state index in [-0.39, 0.29) is 58.9 Å². The molecular formula is C24H23Cl3SiTi. The van der Waals surface area contributed by atoms with Crippen molar-refractivity contribution in [2.24, 2.45) is 0 Å². The molecule has 0 spiro atoms. The molecule has 2 radical (unpaired) electrons. The molecule has 0 saturated carbocycles. The van der Waals surface area contributed by atoms with Gasteiger partial charge in [0.15, 0.2) is 0 Å². The van der Waals surface area contributed by atoms with Crippen LogP contribution in [0.1, 0.15) is 48.4 Å². The van der Waals surface area contributed by atoms with Gasteiger partial charge in [-0.3, -0.25) is 0 Å². The van der Waals surface area contributed by atoms with Gasteiger partial charge < -0.3 is 37.2 Å². The molecule has 1 atom stereocenters. The van der Waals surface area contributed by atoms with Crippen molar-refractivity contribution in [1.82, 2.24) is 0 Å². The number of hydrogen-bond donors (Lipinski definition) is 0. The molecule has 3 aromatic carbocycles. The Balaban J connectivity index is 0.00000196. The van der Waals surface area contributed by atoms with E-state index in [0.29, 0.717) is 5.54 Å². The van der Waals surface area contributed by atoms with Gasteiger partial charge in [-0.15, -0.1) is 11.1 Å². The number of fused-ring (bicyclic) bond motifs is 3. The fourth-order valence-corrected chi connectivity index (χ4v) is 5.51. The Labute approximate surface area is 211 Å². The summed E-state index contributed by atoms with van der Waals surface area (Å²) in [6.07, 6.45) is 5.10.